The van der Waals surface area contributed by atoms with E-state index in [1.165, 1.54) is 0 Å². The summed E-state index contributed by atoms with van der Waals surface area (Å²) in [6.07, 6.45) is 1.71. The highest BCUT2D eigenvalue weighted by molar-refractivity contribution is 5.77. The number of hydrogen-bond acceptors (Lipinski definition) is 5. The van der Waals surface area contributed by atoms with Gasteiger partial charge in [0.2, 0.25) is 5.88 Å². The van der Waals surface area contributed by atoms with Crippen molar-refractivity contribution in [2.75, 3.05) is 0 Å². The summed E-state index contributed by atoms with van der Waals surface area (Å²) in [5, 5.41) is 10.7. The van der Waals surface area contributed by atoms with Gasteiger partial charge < -0.3 is 9.84 Å². The summed E-state index contributed by atoms with van der Waals surface area (Å²) in [4.78, 5) is 14.3. The van der Waals surface area contributed by atoms with Gasteiger partial charge in [0.15, 0.2) is 5.82 Å². The fraction of sp³-hybridized carbons (Fsp3) is 0.182. The van der Waals surface area contributed by atoms with Crippen molar-refractivity contribution >= 4 is 0 Å². The minimum absolute atomic E-state index is 0.136. The number of hydrogen-bond donors (Lipinski definition) is 1. The molecule has 0 aliphatic rings. The Hall–Kier alpha value is -4.51. The third-order valence-electron chi connectivity index (χ3n) is 6.53. The number of pyridine rings is 1. The SMILES string of the molecule is Cc1cccc(C)c1-c1cc(-c2ccccc2O)nc(-c2cc(Oc3ccccn3)cc(C(C)(C)C)c2)n1. The van der Waals surface area contributed by atoms with E-state index in [0.29, 0.717) is 28.7 Å². The van der Waals surface area contributed by atoms with Crippen LogP contribution in [0.4, 0.5) is 0 Å². The van der Waals surface area contributed by atoms with E-state index in [-0.39, 0.29) is 11.2 Å². The molecule has 5 heteroatoms. The van der Waals surface area contributed by atoms with Crippen LogP contribution in [0.15, 0.2) is 91.1 Å². The molecule has 0 saturated heterocycles. The molecule has 0 spiro atoms. The van der Waals surface area contributed by atoms with Gasteiger partial charge in [0.1, 0.15) is 11.5 Å². The van der Waals surface area contributed by atoms with Crippen LogP contribution in [0.2, 0.25) is 0 Å². The predicted molar refractivity (Wildman–Crippen MR) is 152 cm³/mol. The highest BCUT2D eigenvalue weighted by Gasteiger charge is 2.20. The first-order chi connectivity index (χ1) is 18.2. The number of rotatable bonds is 5. The summed E-state index contributed by atoms with van der Waals surface area (Å²) >= 11 is 0. The summed E-state index contributed by atoms with van der Waals surface area (Å²) < 4.78 is 6.16. The van der Waals surface area contributed by atoms with Gasteiger partial charge in [-0.2, -0.15) is 0 Å². The van der Waals surface area contributed by atoms with E-state index in [2.05, 4.69) is 57.8 Å². The molecular formula is C33H31N3O2. The molecule has 5 rings (SSSR count). The number of nitrogens with zero attached hydrogens (tertiary/aromatic N) is 3. The van der Waals surface area contributed by atoms with Crippen LogP contribution in [0.25, 0.3) is 33.9 Å². The molecule has 0 aliphatic carbocycles. The number of aromatic hydroxyl groups is 1. The third kappa shape index (κ3) is 5.28. The maximum absolute atomic E-state index is 10.7. The lowest BCUT2D eigenvalue weighted by Gasteiger charge is -2.21. The largest absolute Gasteiger partial charge is 0.507 e. The second-order valence-corrected chi connectivity index (χ2v) is 10.5. The van der Waals surface area contributed by atoms with Crippen LogP contribution in [0, 0.1) is 13.8 Å². The van der Waals surface area contributed by atoms with Crippen molar-refractivity contribution in [1.29, 1.82) is 0 Å². The molecule has 0 atom stereocenters. The predicted octanol–water partition coefficient (Wildman–Crippen LogP) is 8.28. The lowest BCUT2D eigenvalue weighted by atomic mass is 9.86. The Morgan fingerprint density at radius 1 is 0.737 bits per heavy atom. The Kier molecular flexibility index (Phi) is 6.68. The number of ether oxygens (including phenoxy) is 1. The van der Waals surface area contributed by atoms with Crippen LogP contribution in [0.1, 0.15) is 37.5 Å². The average Bonchev–Trinajstić information content (AvgIpc) is 2.89. The summed E-state index contributed by atoms with van der Waals surface area (Å²) in [7, 11) is 0. The normalized spacial score (nSPS) is 11.4. The van der Waals surface area contributed by atoms with Crippen LogP contribution >= 0.6 is 0 Å². The van der Waals surface area contributed by atoms with Gasteiger partial charge in [-0.05, 0) is 78.4 Å². The highest BCUT2D eigenvalue weighted by atomic mass is 16.5. The topological polar surface area (TPSA) is 68.1 Å². The van der Waals surface area contributed by atoms with Crippen LogP contribution in [0.5, 0.6) is 17.4 Å². The molecule has 0 saturated carbocycles. The summed E-state index contributed by atoms with van der Waals surface area (Å²) in [5.41, 5.74) is 7.20. The van der Waals surface area contributed by atoms with E-state index in [1.54, 1.807) is 18.3 Å². The average molecular weight is 502 g/mol. The Balaban J connectivity index is 1.74. The van der Waals surface area contributed by atoms with Gasteiger partial charge in [-0.25, -0.2) is 15.0 Å². The van der Waals surface area contributed by atoms with Crippen molar-refractivity contribution in [2.45, 2.75) is 40.0 Å². The summed E-state index contributed by atoms with van der Waals surface area (Å²) in [6.45, 7) is 10.7. The number of para-hydroxylation sites is 1. The molecule has 0 radical (unpaired) electrons. The van der Waals surface area contributed by atoms with Gasteiger partial charge >= 0.3 is 0 Å². The molecule has 0 bridgehead atoms. The summed E-state index contributed by atoms with van der Waals surface area (Å²) in [5.74, 6) is 1.91. The van der Waals surface area contributed by atoms with Crippen molar-refractivity contribution in [1.82, 2.24) is 15.0 Å². The monoisotopic (exact) mass is 501 g/mol. The number of phenols is 1. The van der Waals surface area contributed by atoms with Crippen LogP contribution in [0.3, 0.4) is 0 Å². The van der Waals surface area contributed by atoms with Crippen molar-refractivity contribution in [3.8, 4) is 51.3 Å². The van der Waals surface area contributed by atoms with E-state index in [1.807, 2.05) is 54.6 Å². The Morgan fingerprint density at radius 2 is 1.45 bits per heavy atom. The van der Waals surface area contributed by atoms with Crippen molar-refractivity contribution in [2.24, 2.45) is 0 Å². The molecule has 0 unspecified atom stereocenters. The Bertz CT molecular complexity index is 1580. The highest BCUT2D eigenvalue weighted by Crippen LogP contribution is 2.37. The Labute approximate surface area is 223 Å². The molecule has 0 amide bonds. The van der Waals surface area contributed by atoms with E-state index in [0.717, 1.165) is 33.5 Å². The number of phenolic OH excluding ortho intramolecular Hbond substituents is 1. The molecule has 190 valence electrons. The van der Waals surface area contributed by atoms with Gasteiger partial charge in [-0.3, -0.25) is 0 Å². The first-order valence-electron chi connectivity index (χ1n) is 12.7. The van der Waals surface area contributed by atoms with E-state index in [4.69, 9.17) is 14.7 Å². The smallest absolute Gasteiger partial charge is 0.219 e. The minimum atomic E-state index is -0.136. The zero-order chi connectivity index (χ0) is 26.9. The van der Waals surface area contributed by atoms with E-state index in [9.17, 15) is 5.11 Å². The van der Waals surface area contributed by atoms with Crippen molar-refractivity contribution in [3.05, 3.63) is 108 Å². The second kappa shape index (κ2) is 10.1. The fourth-order valence-electron chi connectivity index (χ4n) is 4.50. The molecule has 5 nitrogen and oxygen atoms in total. The van der Waals surface area contributed by atoms with Crippen LogP contribution in [-0.4, -0.2) is 20.1 Å². The number of aromatic nitrogens is 3. The molecular weight excluding hydrogens is 470 g/mol. The molecule has 0 aliphatic heterocycles. The van der Waals surface area contributed by atoms with Crippen molar-refractivity contribution < 1.29 is 9.84 Å². The zero-order valence-corrected chi connectivity index (χ0v) is 22.4. The molecule has 3 aromatic carbocycles. The number of aryl methyl sites for hydroxylation is 2. The molecule has 0 fully saturated rings. The van der Waals surface area contributed by atoms with Gasteiger partial charge in [0.05, 0.1) is 11.4 Å². The molecule has 38 heavy (non-hydrogen) atoms. The maximum atomic E-state index is 10.7. The molecule has 1 N–H and O–H groups in total. The fourth-order valence-corrected chi connectivity index (χ4v) is 4.50. The lowest BCUT2D eigenvalue weighted by molar-refractivity contribution is 0.460. The number of benzene rings is 3. The van der Waals surface area contributed by atoms with E-state index < -0.39 is 0 Å². The molecule has 5 aromatic rings. The first kappa shape index (κ1) is 25.2. The molecule has 2 heterocycles. The second-order valence-electron chi connectivity index (χ2n) is 10.5. The van der Waals surface area contributed by atoms with Gasteiger partial charge in [-0.1, -0.05) is 57.2 Å². The van der Waals surface area contributed by atoms with Crippen LogP contribution in [-0.2, 0) is 5.41 Å². The first-order valence-corrected chi connectivity index (χ1v) is 12.7. The quantitative estimate of drug-likeness (QED) is 0.262. The third-order valence-corrected chi connectivity index (χ3v) is 6.53. The van der Waals surface area contributed by atoms with Crippen molar-refractivity contribution in [3.63, 3.8) is 0 Å². The van der Waals surface area contributed by atoms with Gasteiger partial charge in [0.25, 0.3) is 0 Å². The van der Waals surface area contributed by atoms with Gasteiger partial charge in [-0.15, -0.1) is 0 Å². The zero-order valence-electron chi connectivity index (χ0n) is 22.4. The van der Waals surface area contributed by atoms with Gasteiger partial charge in [0, 0.05) is 29.0 Å². The van der Waals surface area contributed by atoms with Crippen LogP contribution < -0.4 is 4.74 Å². The summed E-state index contributed by atoms with van der Waals surface area (Å²) in [6, 6.07) is 27.1. The lowest BCUT2D eigenvalue weighted by Crippen LogP contribution is -2.11. The van der Waals surface area contributed by atoms with E-state index >= 15 is 0 Å². The molecule has 2 aromatic heterocycles. The maximum Gasteiger partial charge on any atom is 0.219 e. The Morgan fingerprint density at radius 3 is 2.13 bits per heavy atom. The minimum Gasteiger partial charge on any atom is -0.507 e. The standard InChI is InChI=1S/C33H31N3O2/c1-21-11-10-12-22(2)31(21)28-20-27(26-13-6-7-14-29(26)37)35-32(36-28)23-17-24(33(3,4)5)19-25(18-23)38-30-15-8-9-16-34-30/h6-20,37H,1-5H3.